The van der Waals surface area contributed by atoms with Gasteiger partial charge in [-0.3, -0.25) is 9.69 Å². The van der Waals surface area contributed by atoms with Crippen molar-refractivity contribution in [1.29, 1.82) is 0 Å². The van der Waals surface area contributed by atoms with Crippen molar-refractivity contribution in [2.75, 3.05) is 32.7 Å². The van der Waals surface area contributed by atoms with Crippen molar-refractivity contribution in [2.24, 2.45) is 0 Å². The predicted octanol–water partition coefficient (Wildman–Crippen LogP) is 0.660. The third-order valence-corrected chi connectivity index (χ3v) is 3.87. The van der Waals surface area contributed by atoms with Crippen LogP contribution in [-0.4, -0.2) is 59.6 Å². The van der Waals surface area contributed by atoms with Crippen LogP contribution in [0.3, 0.4) is 0 Å². The topological polar surface area (TPSA) is 72.9 Å². The second kappa shape index (κ2) is 6.53. The van der Waals surface area contributed by atoms with Crippen LogP contribution in [0.1, 0.15) is 4.88 Å². The van der Waals surface area contributed by atoms with Crippen LogP contribution in [-0.2, 0) is 11.3 Å². The highest BCUT2D eigenvalue weighted by Crippen LogP contribution is 2.13. The smallest absolute Gasteiger partial charge is 0.323 e. The normalized spacial score (nSPS) is 16.3. The molecular weight excluding hydrogens is 266 g/mol. The van der Waals surface area contributed by atoms with Gasteiger partial charge in [0.1, 0.15) is 6.54 Å². The summed E-state index contributed by atoms with van der Waals surface area (Å²) in [6.07, 6.45) is 0. The van der Waals surface area contributed by atoms with Crippen molar-refractivity contribution in [3.05, 3.63) is 22.4 Å². The number of carbonyl (C=O) groups is 2. The molecule has 104 valence electrons. The number of nitrogens with one attached hydrogen (secondary N) is 1. The van der Waals surface area contributed by atoms with Crippen LogP contribution in [0.15, 0.2) is 17.5 Å². The van der Waals surface area contributed by atoms with Crippen LogP contribution in [0.5, 0.6) is 0 Å². The Morgan fingerprint density at radius 2 is 2.05 bits per heavy atom. The molecule has 1 aromatic heterocycles. The highest BCUT2D eigenvalue weighted by Gasteiger charge is 2.21. The molecule has 0 aromatic carbocycles. The van der Waals surface area contributed by atoms with Crippen molar-refractivity contribution < 1.29 is 14.7 Å². The van der Waals surface area contributed by atoms with E-state index in [-0.39, 0.29) is 12.6 Å². The van der Waals surface area contributed by atoms with Crippen LogP contribution < -0.4 is 5.32 Å². The number of urea groups is 1. The first kappa shape index (κ1) is 13.8. The molecular formula is C12H17N3O3S. The van der Waals surface area contributed by atoms with E-state index in [1.54, 1.807) is 16.2 Å². The van der Waals surface area contributed by atoms with Crippen LogP contribution in [0.4, 0.5) is 4.79 Å². The van der Waals surface area contributed by atoms with Gasteiger partial charge in [0.15, 0.2) is 0 Å². The van der Waals surface area contributed by atoms with Gasteiger partial charge >= 0.3 is 12.0 Å². The summed E-state index contributed by atoms with van der Waals surface area (Å²) in [5.41, 5.74) is 0. The lowest BCUT2D eigenvalue weighted by atomic mass is 10.3. The lowest BCUT2D eigenvalue weighted by Gasteiger charge is -2.34. The summed E-state index contributed by atoms with van der Waals surface area (Å²) in [6.45, 7) is 3.50. The number of carboxylic acids is 1. The maximum atomic E-state index is 11.7. The molecule has 0 bridgehead atoms. The number of hydrogen-bond donors (Lipinski definition) is 2. The molecule has 1 saturated heterocycles. The monoisotopic (exact) mass is 283 g/mol. The molecule has 7 heteroatoms. The van der Waals surface area contributed by atoms with Gasteiger partial charge in [-0.05, 0) is 11.4 Å². The fraction of sp³-hybridized carbons (Fsp3) is 0.500. The Labute approximate surface area is 115 Å². The molecule has 1 fully saturated rings. The molecule has 0 spiro atoms. The van der Waals surface area contributed by atoms with E-state index < -0.39 is 5.97 Å². The minimum absolute atomic E-state index is 0.293. The molecule has 0 aliphatic carbocycles. The van der Waals surface area contributed by atoms with E-state index in [1.807, 2.05) is 6.07 Å². The average molecular weight is 283 g/mol. The third-order valence-electron chi connectivity index (χ3n) is 3.01. The number of piperazine rings is 1. The van der Waals surface area contributed by atoms with Gasteiger partial charge in [0, 0.05) is 37.6 Å². The lowest BCUT2D eigenvalue weighted by molar-refractivity contribution is -0.135. The minimum atomic E-state index is -1.02. The number of thiophene rings is 1. The zero-order valence-electron chi connectivity index (χ0n) is 10.5. The maximum absolute atomic E-state index is 11.7. The summed E-state index contributed by atoms with van der Waals surface area (Å²) in [6, 6.07) is 3.85. The molecule has 19 heavy (non-hydrogen) atoms. The van der Waals surface area contributed by atoms with E-state index in [9.17, 15) is 9.59 Å². The first-order valence-electron chi connectivity index (χ1n) is 6.14. The number of hydrogen-bond acceptors (Lipinski definition) is 4. The van der Waals surface area contributed by atoms with Gasteiger partial charge in [0.05, 0.1) is 0 Å². The van der Waals surface area contributed by atoms with Crippen molar-refractivity contribution >= 4 is 23.3 Å². The number of nitrogens with zero attached hydrogens (tertiary/aromatic N) is 2. The zero-order chi connectivity index (χ0) is 13.7. The molecule has 2 amide bonds. The van der Waals surface area contributed by atoms with Crippen molar-refractivity contribution in [2.45, 2.75) is 6.54 Å². The van der Waals surface area contributed by atoms with Crippen LogP contribution >= 0.6 is 11.3 Å². The fourth-order valence-corrected chi connectivity index (χ4v) is 2.74. The summed E-state index contributed by atoms with van der Waals surface area (Å²) < 4.78 is 0. The van der Waals surface area contributed by atoms with Crippen LogP contribution in [0.2, 0.25) is 0 Å². The summed E-state index contributed by atoms with van der Waals surface area (Å²) in [5, 5.41) is 12.9. The van der Waals surface area contributed by atoms with Crippen LogP contribution in [0.25, 0.3) is 0 Å². The fourth-order valence-electron chi connectivity index (χ4n) is 2.00. The number of aliphatic carboxylic acids is 1. The summed E-state index contributed by atoms with van der Waals surface area (Å²) in [4.78, 5) is 27.3. The molecule has 6 nitrogen and oxygen atoms in total. The molecule has 2 rings (SSSR count). The number of rotatable bonds is 4. The quantitative estimate of drug-likeness (QED) is 0.851. The average Bonchev–Trinajstić information content (AvgIpc) is 2.89. The molecule has 1 aliphatic heterocycles. The molecule has 0 radical (unpaired) electrons. The van der Waals surface area contributed by atoms with Gasteiger partial charge in [-0.15, -0.1) is 11.3 Å². The molecule has 1 aliphatic rings. The number of amides is 2. The summed E-state index contributed by atoms with van der Waals surface area (Å²) in [7, 11) is 0. The SMILES string of the molecule is O=C(O)CNC(=O)N1CCN(Cc2cccs2)CC1. The lowest BCUT2D eigenvalue weighted by Crippen LogP contribution is -2.52. The largest absolute Gasteiger partial charge is 0.480 e. The van der Waals surface area contributed by atoms with E-state index >= 15 is 0 Å². The van der Waals surface area contributed by atoms with Gasteiger partial charge in [-0.25, -0.2) is 4.79 Å². The van der Waals surface area contributed by atoms with Gasteiger partial charge in [0.25, 0.3) is 0 Å². The van der Waals surface area contributed by atoms with Gasteiger partial charge in [0.2, 0.25) is 0 Å². The Morgan fingerprint density at radius 1 is 1.32 bits per heavy atom. The molecule has 1 aromatic rings. The minimum Gasteiger partial charge on any atom is -0.480 e. The second-order valence-electron chi connectivity index (χ2n) is 4.40. The number of carboxylic acid groups (broad SMARTS) is 1. The summed E-state index contributed by atoms with van der Waals surface area (Å²) >= 11 is 1.74. The van der Waals surface area contributed by atoms with E-state index in [4.69, 9.17) is 5.11 Å². The Balaban J connectivity index is 1.72. The Morgan fingerprint density at radius 3 is 2.63 bits per heavy atom. The predicted molar refractivity (Wildman–Crippen MR) is 72.2 cm³/mol. The molecule has 0 unspecified atom stereocenters. The highest BCUT2D eigenvalue weighted by molar-refractivity contribution is 7.09. The summed E-state index contributed by atoms with van der Waals surface area (Å²) in [5.74, 6) is -1.02. The second-order valence-corrected chi connectivity index (χ2v) is 5.43. The standard InChI is InChI=1S/C12H17N3O3S/c16-11(17)8-13-12(18)15-5-3-14(4-6-15)9-10-2-1-7-19-10/h1-2,7H,3-6,8-9H2,(H,13,18)(H,16,17). The first-order valence-corrected chi connectivity index (χ1v) is 7.02. The molecule has 0 atom stereocenters. The Bertz CT molecular complexity index is 427. The van der Waals surface area contributed by atoms with E-state index in [0.29, 0.717) is 13.1 Å². The van der Waals surface area contributed by atoms with Crippen molar-refractivity contribution in [3.8, 4) is 0 Å². The third kappa shape index (κ3) is 4.22. The van der Waals surface area contributed by atoms with Gasteiger partial charge < -0.3 is 15.3 Å². The van der Waals surface area contributed by atoms with E-state index in [1.165, 1.54) is 4.88 Å². The highest BCUT2D eigenvalue weighted by atomic mass is 32.1. The molecule has 2 N–H and O–H groups in total. The Hall–Kier alpha value is -1.60. The van der Waals surface area contributed by atoms with E-state index in [0.717, 1.165) is 19.6 Å². The van der Waals surface area contributed by atoms with Crippen molar-refractivity contribution in [3.63, 3.8) is 0 Å². The zero-order valence-corrected chi connectivity index (χ0v) is 11.4. The maximum Gasteiger partial charge on any atom is 0.323 e. The first-order chi connectivity index (χ1) is 9.15. The van der Waals surface area contributed by atoms with Gasteiger partial charge in [-0.2, -0.15) is 0 Å². The number of carbonyl (C=O) groups excluding carboxylic acids is 1. The molecule has 0 saturated carbocycles. The van der Waals surface area contributed by atoms with Crippen molar-refractivity contribution in [1.82, 2.24) is 15.1 Å². The van der Waals surface area contributed by atoms with Gasteiger partial charge in [-0.1, -0.05) is 6.07 Å². The van der Waals surface area contributed by atoms with E-state index in [2.05, 4.69) is 21.7 Å². The molecule has 2 heterocycles. The Kier molecular flexibility index (Phi) is 4.75. The van der Waals surface area contributed by atoms with Crippen LogP contribution in [0, 0.1) is 0 Å².